The van der Waals surface area contributed by atoms with E-state index in [0.29, 0.717) is 10.9 Å². The Morgan fingerprint density at radius 2 is 2.00 bits per heavy atom. The third kappa shape index (κ3) is 6.83. The summed E-state index contributed by atoms with van der Waals surface area (Å²) in [7, 11) is 0.364. The lowest BCUT2D eigenvalue weighted by Crippen LogP contribution is -1.84. The second kappa shape index (κ2) is 4.98. The van der Waals surface area contributed by atoms with Gasteiger partial charge in [-0.25, -0.2) is 0 Å². The molecule has 0 saturated carbocycles. The molecule has 0 N–H and O–H groups in total. The van der Waals surface area contributed by atoms with Crippen LogP contribution in [0.2, 0.25) is 0 Å². The van der Waals surface area contributed by atoms with Crippen molar-refractivity contribution in [2.45, 2.75) is 6.42 Å². The fourth-order valence-electron chi connectivity index (χ4n) is 0.376. The lowest BCUT2D eigenvalue weighted by atomic mass is 10.6. The Morgan fingerprint density at radius 1 is 1.43 bits per heavy atom. The summed E-state index contributed by atoms with van der Waals surface area (Å²) < 4.78 is 0. The van der Waals surface area contributed by atoms with Crippen LogP contribution < -0.4 is 0 Å². The molecular formula is C5H13BrS. The summed E-state index contributed by atoms with van der Waals surface area (Å²) in [4.78, 5) is 0. The first-order chi connectivity index (χ1) is 3.27. The number of alkyl halides is 1. The number of thiol groups is 1. The summed E-state index contributed by atoms with van der Waals surface area (Å²) in [5.74, 6) is 1.42. The fraction of sp³-hybridized carbons (Fsp3) is 1.00. The number of hydrogen-bond acceptors (Lipinski definition) is 0. The average molecular weight is 185 g/mol. The molecule has 7 heavy (non-hydrogen) atoms. The molecule has 0 aromatic carbocycles. The molecule has 46 valence electrons. The van der Waals surface area contributed by atoms with Gasteiger partial charge in [0.25, 0.3) is 0 Å². The molecule has 0 fully saturated rings. The van der Waals surface area contributed by atoms with E-state index in [4.69, 9.17) is 0 Å². The molecule has 0 aliphatic carbocycles. The summed E-state index contributed by atoms with van der Waals surface area (Å²) >= 11 is 3.39. The maximum absolute atomic E-state index is 3.39. The molecule has 0 spiro atoms. The Bertz CT molecular complexity index is 37.1. The second-order valence-electron chi connectivity index (χ2n) is 1.85. The van der Waals surface area contributed by atoms with E-state index in [2.05, 4.69) is 28.4 Å². The van der Waals surface area contributed by atoms with Crippen LogP contribution in [0.3, 0.4) is 0 Å². The van der Waals surface area contributed by atoms with Gasteiger partial charge in [-0.15, -0.1) is 0 Å². The third-order valence-electron chi connectivity index (χ3n) is 0.739. The van der Waals surface area contributed by atoms with E-state index in [1.165, 1.54) is 17.5 Å². The maximum Gasteiger partial charge on any atom is 0.00385 e. The summed E-state index contributed by atoms with van der Waals surface area (Å²) in [5.41, 5.74) is 0. The Hall–Kier alpha value is 0.830. The van der Waals surface area contributed by atoms with Crippen molar-refractivity contribution in [3.8, 4) is 0 Å². The largest absolute Gasteiger partial charge is 0.259 e. The molecule has 0 rings (SSSR count). The summed E-state index contributed by atoms with van der Waals surface area (Å²) in [6.07, 6.45) is 5.98. The molecule has 0 unspecified atom stereocenters. The average Bonchev–Trinajstić information content (AvgIpc) is 1.61. The van der Waals surface area contributed by atoms with Gasteiger partial charge in [0.15, 0.2) is 0 Å². The fourth-order valence-corrected chi connectivity index (χ4v) is 1.88. The van der Waals surface area contributed by atoms with E-state index in [9.17, 15) is 0 Å². The highest BCUT2D eigenvalue weighted by molar-refractivity contribution is 9.09. The van der Waals surface area contributed by atoms with Crippen molar-refractivity contribution in [3.63, 3.8) is 0 Å². The quantitative estimate of drug-likeness (QED) is 0.504. The highest BCUT2D eigenvalue weighted by Crippen LogP contribution is 2.14. The first-order valence-corrected chi connectivity index (χ1v) is 6.02. The van der Waals surface area contributed by atoms with Crippen molar-refractivity contribution in [1.29, 1.82) is 0 Å². The van der Waals surface area contributed by atoms with E-state index in [0.717, 1.165) is 0 Å². The normalized spacial score (nSPS) is 11.6. The van der Waals surface area contributed by atoms with Crippen LogP contribution in [0.4, 0.5) is 0 Å². The van der Waals surface area contributed by atoms with E-state index in [-0.39, 0.29) is 0 Å². The van der Waals surface area contributed by atoms with Crippen molar-refractivity contribution in [2.75, 3.05) is 23.6 Å². The molecule has 0 radical (unpaired) electrons. The van der Waals surface area contributed by atoms with Gasteiger partial charge in [0.2, 0.25) is 0 Å². The van der Waals surface area contributed by atoms with Gasteiger partial charge >= 0.3 is 0 Å². The van der Waals surface area contributed by atoms with Gasteiger partial charge in [-0.3, -0.25) is 10.9 Å². The molecule has 0 saturated heterocycles. The minimum absolute atomic E-state index is 0.364. The van der Waals surface area contributed by atoms with E-state index < -0.39 is 0 Å². The van der Waals surface area contributed by atoms with Gasteiger partial charge in [-0.2, -0.15) is 0 Å². The van der Waals surface area contributed by atoms with Crippen LogP contribution in [0, 0.1) is 0 Å². The predicted octanol–water partition coefficient (Wildman–Crippen LogP) is 2.03. The molecule has 0 aromatic heterocycles. The van der Waals surface area contributed by atoms with Crippen molar-refractivity contribution in [3.05, 3.63) is 0 Å². The molecule has 0 bridgehead atoms. The number of rotatable bonds is 3. The van der Waals surface area contributed by atoms with Crippen LogP contribution in [0.25, 0.3) is 0 Å². The van der Waals surface area contributed by atoms with Crippen LogP contribution in [0.5, 0.6) is 0 Å². The Kier molecular flexibility index (Phi) is 5.57. The van der Waals surface area contributed by atoms with Gasteiger partial charge in [0.05, 0.1) is 0 Å². The minimum atomic E-state index is 0.364. The van der Waals surface area contributed by atoms with E-state index in [1.54, 1.807) is 0 Å². The van der Waals surface area contributed by atoms with Gasteiger partial charge in [0.1, 0.15) is 0 Å². The lowest BCUT2D eigenvalue weighted by molar-refractivity contribution is 1.13. The van der Waals surface area contributed by atoms with Crippen LogP contribution in [0.15, 0.2) is 0 Å². The molecule has 0 heterocycles. The summed E-state index contributed by atoms with van der Waals surface area (Å²) in [6, 6.07) is 0. The standard InChI is InChI=1S/C5H13BrS/c1-7(2)5-3-4-6/h7H,3-5H2,1-2H3. The molecular weight excluding hydrogens is 172 g/mol. The highest BCUT2D eigenvalue weighted by atomic mass is 79.9. The predicted molar refractivity (Wildman–Crippen MR) is 44.1 cm³/mol. The van der Waals surface area contributed by atoms with Crippen LogP contribution in [0.1, 0.15) is 6.42 Å². The second-order valence-corrected chi connectivity index (χ2v) is 5.25. The zero-order chi connectivity index (χ0) is 5.70. The van der Waals surface area contributed by atoms with Crippen LogP contribution >= 0.6 is 26.8 Å². The zero-order valence-corrected chi connectivity index (χ0v) is 7.43. The lowest BCUT2D eigenvalue weighted by Gasteiger charge is -2.04. The first kappa shape index (κ1) is 7.83. The minimum Gasteiger partial charge on any atom is -0.259 e. The van der Waals surface area contributed by atoms with E-state index >= 15 is 0 Å². The molecule has 0 aromatic rings. The SMILES string of the molecule is C[SH](C)CCCBr. The molecule has 2 heteroatoms. The maximum atomic E-state index is 3.39. The zero-order valence-electron chi connectivity index (χ0n) is 4.95. The molecule has 0 aliphatic heterocycles. The summed E-state index contributed by atoms with van der Waals surface area (Å²) in [5, 5.41) is 1.17. The topological polar surface area (TPSA) is 0 Å². The van der Waals surface area contributed by atoms with Crippen LogP contribution in [-0.4, -0.2) is 23.6 Å². The molecule has 0 amide bonds. The van der Waals surface area contributed by atoms with Gasteiger partial charge in [-0.05, 0) is 24.7 Å². The van der Waals surface area contributed by atoms with Crippen LogP contribution in [-0.2, 0) is 0 Å². The Labute approximate surface area is 57.2 Å². The first-order valence-electron chi connectivity index (χ1n) is 2.48. The van der Waals surface area contributed by atoms with Crippen molar-refractivity contribution >= 4 is 26.8 Å². The van der Waals surface area contributed by atoms with Gasteiger partial charge in [-0.1, -0.05) is 15.9 Å². The Balaban J connectivity index is 2.68. The van der Waals surface area contributed by atoms with Crippen molar-refractivity contribution in [1.82, 2.24) is 0 Å². The van der Waals surface area contributed by atoms with Gasteiger partial charge < -0.3 is 0 Å². The van der Waals surface area contributed by atoms with Crippen molar-refractivity contribution in [2.24, 2.45) is 0 Å². The number of halogens is 1. The number of hydrogen-bond donors (Lipinski definition) is 1. The van der Waals surface area contributed by atoms with E-state index in [1.807, 2.05) is 0 Å². The third-order valence-corrected chi connectivity index (χ3v) is 2.51. The van der Waals surface area contributed by atoms with Gasteiger partial charge in [0, 0.05) is 5.33 Å². The molecule has 0 nitrogen and oxygen atoms in total. The van der Waals surface area contributed by atoms with Crippen molar-refractivity contribution < 1.29 is 0 Å². The molecule has 0 aliphatic rings. The molecule has 0 atom stereocenters. The highest BCUT2D eigenvalue weighted by Gasteiger charge is 1.84. The smallest absolute Gasteiger partial charge is 0.00385 e. The summed E-state index contributed by atoms with van der Waals surface area (Å²) in [6.45, 7) is 0. The monoisotopic (exact) mass is 184 g/mol. The Morgan fingerprint density at radius 3 is 2.14 bits per heavy atom.